The molecule has 0 saturated heterocycles. The Hall–Kier alpha value is -0.380. The van der Waals surface area contributed by atoms with Crippen LogP contribution in [0.3, 0.4) is 0 Å². The second kappa shape index (κ2) is 4.60. The quantitative estimate of drug-likeness (QED) is 0.525. The Kier molecular flexibility index (Phi) is 4.45. The van der Waals surface area contributed by atoms with Crippen LogP contribution in [0.4, 0.5) is 0 Å². The number of methoxy groups -OCH3 is 1. The molecule has 0 aliphatic heterocycles. The van der Waals surface area contributed by atoms with Gasteiger partial charge in [-0.1, -0.05) is 0 Å². The second-order valence-corrected chi connectivity index (χ2v) is 4.72. The summed E-state index contributed by atoms with van der Waals surface area (Å²) in [6.45, 7) is 2.95. The van der Waals surface area contributed by atoms with Crippen molar-refractivity contribution in [1.29, 1.82) is 0 Å². The molecular weight excluding hydrogens is 181 g/mol. The Labute approximate surface area is 71.9 Å². The summed E-state index contributed by atoms with van der Waals surface area (Å²) in [6, 6.07) is -0.620. The van der Waals surface area contributed by atoms with Gasteiger partial charge < -0.3 is 9.26 Å². The third-order valence-electron chi connectivity index (χ3n) is 1.33. The number of hydrogen-bond donors (Lipinski definition) is 1. The minimum absolute atomic E-state index is 0.464. The fourth-order valence-corrected chi connectivity index (χ4v) is 1.55. The van der Waals surface area contributed by atoms with Crippen LogP contribution in [0.5, 0.6) is 0 Å². The highest BCUT2D eigenvalue weighted by molar-refractivity contribution is 7.56. The van der Waals surface area contributed by atoms with Crippen LogP contribution in [0, 0.1) is 0 Å². The molecule has 0 amide bonds. The summed E-state index contributed by atoms with van der Waals surface area (Å²) in [6.07, 6.45) is 0. The van der Waals surface area contributed by atoms with E-state index >= 15 is 0 Å². The monoisotopic (exact) mass is 195 g/mol. The standard InChI is InChI=1S/C6H14NO4P/c1-5(6(8)10-2)7-12(4,9)11-3/h5H,1-4H3,(H,7,9)/t5-,12?/m0/s1. The molecule has 2 atom stereocenters. The van der Waals surface area contributed by atoms with Crippen LogP contribution in [-0.2, 0) is 18.6 Å². The molecule has 1 N–H and O–H groups in total. The van der Waals surface area contributed by atoms with Crippen LogP contribution in [0.15, 0.2) is 0 Å². The van der Waals surface area contributed by atoms with E-state index in [0.29, 0.717) is 0 Å². The molecule has 0 aromatic rings. The van der Waals surface area contributed by atoms with Crippen molar-refractivity contribution in [2.75, 3.05) is 20.9 Å². The van der Waals surface area contributed by atoms with Gasteiger partial charge in [-0.05, 0) is 6.92 Å². The number of esters is 1. The van der Waals surface area contributed by atoms with Crippen molar-refractivity contribution in [2.45, 2.75) is 13.0 Å². The zero-order chi connectivity index (χ0) is 9.78. The third-order valence-corrected chi connectivity index (χ3v) is 2.88. The molecule has 0 aliphatic rings. The molecule has 0 aromatic heterocycles. The minimum Gasteiger partial charge on any atom is -0.468 e. The van der Waals surface area contributed by atoms with Crippen molar-refractivity contribution in [1.82, 2.24) is 5.09 Å². The van der Waals surface area contributed by atoms with Crippen molar-refractivity contribution in [3.8, 4) is 0 Å². The van der Waals surface area contributed by atoms with Gasteiger partial charge in [0.1, 0.15) is 6.04 Å². The van der Waals surface area contributed by atoms with E-state index in [9.17, 15) is 9.36 Å². The molecule has 0 heterocycles. The second-order valence-electron chi connectivity index (χ2n) is 2.40. The molecule has 0 spiro atoms. The van der Waals surface area contributed by atoms with Gasteiger partial charge >= 0.3 is 5.97 Å². The van der Waals surface area contributed by atoms with Gasteiger partial charge in [0, 0.05) is 13.8 Å². The van der Waals surface area contributed by atoms with E-state index in [1.165, 1.54) is 20.9 Å². The Morgan fingerprint density at radius 1 is 1.50 bits per heavy atom. The molecule has 0 saturated carbocycles. The summed E-state index contributed by atoms with van der Waals surface area (Å²) >= 11 is 0. The van der Waals surface area contributed by atoms with Crippen molar-refractivity contribution in [2.24, 2.45) is 0 Å². The maximum Gasteiger partial charge on any atom is 0.323 e. The Morgan fingerprint density at radius 3 is 2.33 bits per heavy atom. The van der Waals surface area contributed by atoms with Gasteiger partial charge in [0.2, 0.25) is 0 Å². The normalized spacial score (nSPS) is 18.0. The van der Waals surface area contributed by atoms with Crippen LogP contribution in [0.2, 0.25) is 0 Å². The number of nitrogens with one attached hydrogen (secondary N) is 1. The highest BCUT2D eigenvalue weighted by Crippen LogP contribution is 2.36. The van der Waals surface area contributed by atoms with Crippen LogP contribution < -0.4 is 5.09 Å². The maximum atomic E-state index is 11.3. The Balaban J connectivity index is 4.09. The van der Waals surface area contributed by atoms with Gasteiger partial charge in [-0.3, -0.25) is 9.36 Å². The predicted octanol–water partition coefficient (Wildman–Crippen LogP) is 0.607. The van der Waals surface area contributed by atoms with Gasteiger partial charge in [0.25, 0.3) is 7.52 Å². The topological polar surface area (TPSA) is 64.6 Å². The summed E-state index contributed by atoms with van der Waals surface area (Å²) in [4.78, 5) is 10.8. The summed E-state index contributed by atoms with van der Waals surface area (Å²) in [5.41, 5.74) is 0. The molecule has 6 heteroatoms. The maximum absolute atomic E-state index is 11.3. The highest BCUT2D eigenvalue weighted by Gasteiger charge is 2.21. The lowest BCUT2D eigenvalue weighted by Crippen LogP contribution is -2.32. The molecule has 12 heavy (non-hydrogen) atoms. The van der Waals surface area contributed by atoms with Crippen LogP contribution >= 0.6 is 7.52 Å². The van der Waals surface area contributed by atoms with E-state index < -0.39 is 19.5 Å². The molecule has 72 valence electrons. The first kappa shape index (κ1) is 11.6. The fraction of sp³-hybridized carbons (Fsp3) is 0.833. The van der Waals surface area contributed by atoms with E-state index in [4.69, 9.17) is 0 Å². The van der Waals surface area contributed by atoms with Gasteiger partial charge in [-0.15, -0.1) is 0 Å². The number of ether oxygens (including phenoxy) is 1. The average molecular weight is 195 g/mol. The van der Waals surface area contributed by atoms with Gasteiger partial charge in [-0.2, -0.15) is 0 Å². The summed E-state index contributed by atoms with van der Waals surface area (Å²) in [5.74, 6) is -0.464. The van der Waals surface area contributed by atoms with Gasteiger partial charge in [0.05, 0.1) is 7.11 Å². The van der Waals surface area contributed by atoms with Gasteiger partial charge in [-0.25, -0.2) is 5.09 Å². The van der Waals surface area contributed by atoms with E-state index in [1.54, 1.807) is 6.92 Å². The fourth-order valence-electron chi connectivity index (χ4n) is 0.634. The summed E-state index contributed by atoms with van der Waals surface area (Å²) in [5, 5.41) is 2.52. The molecule has 5 nitrogen and oxygen atoms in total. The number of carbonyl (C=O) groups is 1. The molecule has 0 rings (SSSR count). The molecule has 0 aromatic carbocycles. The zero-order valence-corrected chi connectivity index (χ0v) is 8.55. The first-order chi connectivity index (χ1) is 5.43. The van der Waals surface area contributed by atoms with Crippen LogP contribution in [-0.4, -0.2) is 32.9 Å². The van der Waals surface area contributed by atoms with E-state index in [2.05, 4.69) is 14.3 Å². The van der Waals surface area contributed by atoms with E-state index in [0.717, 1.165) is 0 Å². The smallest absolute Gasteiger partial charge is 0.323 e. The molecule has 0 fully saturated rings. The van der Waals surface area contributed by atoms with Gasteiger partial charge in [0.15, 0.2) is 0 Å². The first-order valence-electron chi connectivity index (χ1n) is 3.42. The van der Waals surface area contributed by atoms with Crippen LogP contribution in [0.1, 0.15) is 6.92 Å². The third kappa shape index (κ3) is 3.85. The van der Waals surface area contributed by atoms with Crippen LogP contribution in [0.25, 0.3) is 0 Å². The lowest BCUT2D eigenvalue weighted by Gasteiger charge is -2.16. The number of rotatable bonds is 4. The SMILES string of the molecule is COC(=O)[C@H](C)NP(C)(=O)OC. The van der Waals surface area contributed by atoms with Crippen molar-refractivity contribution < 1.29 is 18.6 Å². The minimum atomic E-state index is -2.85. The Bertz CT molecular complexity index is 206. The highest BCUT2D eigenvalue weighted by atomic mass is 31.2. The lowest BCUT2D eigenvalue weighted by molar-refractivity contribution is -0.142. The van der Waals surface area contributed by atoms with E-state index in [1.807, 2.05) is 0 Å². The molecule has 0 radical (unpaired) electrons. The number of hydrogen-bond acceptors (Lipinski definition) is 4. The summed E-state index contributed by atoms with van der Waals surface area (Å²) < 4.78 is 20.3. The molecule has 0 bridgehead atoms. The summed E-state index contributed by atoms with van der Waals surface area (Å²) in [7, 11) is -0.258. The molecular formula is C6H14NO4P. The van der Waals surface area contributed by atoms with E-state index in [-0.39, 0.29) is 0 Å². The predicted molar refractivity (Wildman–Crippen MR) is 45.2 cm³/mol. The van der Waals surface area contributed by atoms with Crippen molar-refractivity contribution >= 4 is 13.5 Å². The molecule has 0 aliphatic carbocycles. The Morgan fingerprint density at radius 2 is 2.00 bits per heavy atom. The van der Waals surface area contributed by atoms with Crippen molar-refractivity contribution in [3.63, 3.8) is 0 Å². The molecule has 1 unspecified atom stereocenters. The average Bonchev–Trinajstić information content (AvgIpc) is 2.02. The zero-order valence-electron chi connectivity index (χ0n) is 7.66. The van der Waals surface area contributed by atoms with Crippen molar-refractivity contribution in [3.05, 3.63) is 0 Å². The lowest BCUT2D eigenvalue weighted by atomic mass is 10.4. The first-order valence-corrected chi connectivity index (χ1v) is 5.49. The number of carbonyl (C=O) groups excluding carboxylic acids is 1. The largest absolute Gasteiger partial charge is 0.468 e.